The summed E-state index contributed by atoms with van der Waals surface area (Å²) in [6.45, 7) is 3.31. The fourth-order valence-electron chi connectivity index (χ4n) is 2.68. The standard InChI is InChI=1S/C15H19N3O9/c1-3-7(2)24-14(20)23-6-8-10-11(27-15(21)26-10)12(25-8)18-5-4-9(17-22)16-13(18)19/h4-5,7-8,10-12,22H,3,6H2,1-2H3,(H,16,17,19)/t7-,8?,10+,11+,12+/m0/s1. The molecule has 12 heteroatoms. The van der Waals surface area contributed by atoms with Gasteiger partial charge in [0.2, 0.25) is 0 Å². The van der Waals surface area contributed by atoms with Gasteiger partial charge in [-0.05, 0) is 19.4 Å². The average molecular weight is 385 g/mol. The predicted molar refractivity (Wildman–Crippen MR) is 85.1 cm³/mol. The molecule has 1 aromatic heterocycles. The lowest BCUT2D eigenvalue weighted by atomic mass is 10.1. The maximum atomic E-state index is 12.1. The van der Waals surface area contributed by atoms with Gasteiger partial charge in [-0.1, -0.05) is 6.92 Å². The number of hydrogen-bond acceptors (Lipinski definition) is 11. The number of fused-ring (bicyclic) bond motifs is 1. The molecule has 2 fully saturated rings. The minimum atomic E-state index is -1.03. The number of hydrogen-bond donors (Lipinski definition) is 2. The number of anilines is 1. The molecule has 2 aliphatic heterocycles. The van der Waals surface area contributed by atoms with Crippen molar-refractivity contribution in [1.29, 1.82) is 0 Å². The molecule has 3 rings (SSSR count). The van der Waals surface area contributed by atoms with E-state index in [4.69, 9.17) is 28.9 Å². The van der Waals surface area contributed by atoms with Gasteiger partial charge >= 0.3 is 18.0 Å². The maximum Gasteiger partial charge on any atom is 0.509 e. The summed E-state index contributed by atoms with van der Waals surface area (Å²) in [6, 6.07) is 1.32. The minimum absolute atomic E-state index is 0.0573. The van der Waals surface area contributed by atoms with E-state index in [2.05, 4.69) is 4.98 Å². The molecule has 0 saturated carbocycles. The Morgan fingerprint density at radius 1 is 1.41 bits per heavy atom. The van der Waals surface area contributed by atoms with Crippen molar-refractivity contribution >= 4 is 18.1 Å². The molecule has 2 saturated heterocycles. The molecule has 27 heavy (non-hydrogen) atoms. The average Bonchev–Trinajstić information content (AvgIpc) is 3.17. The van der Waals surface area contributed by atoms with Gasteiger partial charge in [-0.3, -0.25) is 15.3 Å². The van der Waals surface area contributed by atoms with Gasteiger partial charge in [-0.25, -0.2) is 14.4 Å². The first-order valence-corrected chi connectivity index (χ1v) is 8.28. The summed E-state index contributed by atoms with van der Waals surface area (Å²) < 4.78 is 26.9. The van der Waals surface area contributed by atoms with E-state index in [0.717, 1.165) is 4.57 Å². The molecule has 2 N–H and O–H groups in total. The van der Waals surface area contributed by atoms with E-state index in [9.17, 15) is 14.4 Å². The molecule has 1 aromatic rings. The highest BCUT2D eigenvalue weighted by molar-refractivity contribution is 5.63. The van der Waals surface area contributed by atoms with Crippen LogP contribution in [0.3, 0.4) is 0 Å². The SMILES string of the molecule is CC[C@H](C)OC(=O)OCC1O[C@@H](n2ccc(NO)nc2=O)[C@@H]2OC(=O)O[C@H]12. The fourth-order valence-corrected chi connectivity index (χ4v) is 2.68. The first kappa shape index (κ1) is 18.9. The second-order valence-electron chi connectivity index (χ2n) is 5.99. The zero-order chi connectivity index (χ0) is 19.6. The van der Waals surface area contributed by atoms with E-state index in [0.29, 0.717) is 6.42 Å². The molecular formula is C15H19N3O9. The molecule has 1 unspecified atom stereocenters. The van der Waals surface area contributed by atoms with E-state index in [1.54, 1.807) is 12.4 Å². The predicted octanol–water partition coefficient (Wildman–Crippen LogP) is 0.797. The van der Waals surface area contributed by atoms with Gasteiger partial charge in [-0.15, -0.1) is 0 Å². The highest BCUT2D eigenvalue weighted by Crippen LogP contribution is 2.37. The molecule has 0 bridgehead atoms. The summed E-state index contributed by atoms with van der Waals surface area (Å²) >= 11 is 0. The van der Waals surface area contributed by atoms with Crippen LogP contribution in [0.25, 0.3) is 0 Å². The third-order valence-electron chi connectivity index (χ3n) is 4.21. The number of nitrogens with zero attached hydrogens (tertiary/aromatic N) is 2. The van der Waals surface area contributed by atoms with Crippen LogP contribution in [0.5, 0.6) is 0 Å². The van der Waals surface area contributed by atoms with E-state index in [1.807, 2.05) is 6.92 Å². The Morgan fingerprint density at radius 2 is 2.15 bits per heavy atom. The second kappa shape index (κ2) is 7.80. The van der Waals surface area contributed by atoms with Crippen molar-refractivity contribution in [2.45, 2.75) is 50.9 Å². The number of rotatable bonds is 6. The second-order valence-corrected chi connectivity index (χ2v) is 5.99. The highest BCUT2D eigenvalue weighted by Gasteiger charge is 2.55. The lowest BCUT2D eigenvalue weighted by Gasteiger charge is -2.18. The van der Waals surface area contributed by atoms with Crippen LogP contribution in [0.1, 0.15) is 26.5 Å². The molecule has 0 aromatic carbocycles. The zero-order valence-electron chi connectivity index (χ0n) is 14.6. The van der Waals surface area contributed by atoms with Crippen LogP contribution in [0.2, 0.25) is 0 Å². The van der Waals surface area contributed by atoms with Crippen LogP contribution in [0, 0.1) is 0 Å². The Labute approximate surface area is 152 Å². The molecule has 0 spiro atoms. The van der Waals surface area contributed by atoms with Crippen molar-refractivity contribution in [3.63, 3.8) is 0 Å². The van der Waals surface area contributed by atoms with E-state index in [1.165, 1.54) is 12.3 Å². The van der Waals surface area contributed by atoms with Gasteiger partial charge in [0.05, 0.1) is 0 Å². The lowest BCUT2D eigenvalue weighted by molar-refractivity contribution is -0.0822. The Balaban J connectivity index is 1.72. The minimum Gasteiger partial charge on any atom is -0.431 e. The Bertz CT molecular complexity index is 767. The molecular weight excluding hydrogens is 366 g/mol. The highest BCUT2D eigenvalue weighted by atomic mass is 16.8. The molecule has 3 heterocycles. The summed E-state index contributed by atoms with van der Waals surface area (Å²) in [6.07, 6.45) is -3.87. The van der Waals surface area contributed by atoms with Crippen molar-refractivity contribution in [2.24, 2.45) is 0 Å². The monoisotopic (exact) mass is 385 g/mol. The summed E-state index contributed by atoms with van der Waals surface area (Å²) in [5.41, 5.74) is 1.00. The first-order valence-electron chi connectivity index (χ1n) is 8.28. The van der Waals surface area contributed by atoms with Crippen LogP contribution in [0.4, 0.5) is 15.4 Å². The van der Waals surface area contributed by atoms with Crippen LogP contribution in [-0.2, 0) is 23.7 Å². The Kier molecular flexibility index (Phi) is 5.46. The third kappa shape index (κ3) is 3.95. The van der Waals surface area contributed by atoms with Gasteiger partial charge in [0.25, 0.3) is 0 Å². The van der Waals surface area contributed by atoms with E-state index >= 15 is 0 Å². The van der Waals surface area contributed by atoms with Crippen LogP contribution in [0.15, 0.2) is 17.1 Å². The molecule has 12 nitrogen and oxygen atoms in total. The number of ether oxygens (including phenoxy) is 5. The Hall–Kier alpha value is -2.86. The molecule has 5 atom stereocenters. The number of carbonyl (C=O) groups is 2. The lowest BCUT2D eigenvalue weighted by Crippen LogP contribution is -2.34. The quantitative estimate of drug-likeness (QED) is 0.529. The van der Waals surface area contributed by atoms with Crippen molar-refractivity contribution in [2.75, 3.05) is 12.1 Å². The summed E-state index contributed by atoms with van der Waals surface area (Å²) in [7, 11) is 0. The van der Waals surface area contributed by atoms with Crippen LogP contribution >= 0.6 is 0 Å². The maximum absolute atomic E-state index is 12.1. The largest absolute Gasteiger partial charge is 0.509 e. The van der Waals surface area contributed by atoms with Crippen molar-refractivity contribution in [1.82, 2.24) is 9.55 Å². The fraction of sp³-hybridized carbons (Fsp3) is 0.600. The molecule has 2 aliphatic rings. The third-order valence-corrected chi connectivity index (χ3v) is 4.21. The van der Waals surface area contributed by atoms with Crippen molar-refractivity contribution in [3.05, 3.63) is 22.7 Å². The van der Waals surface area contributed by atoms with Gasteiger partial charge < -0.3 is 23.7 Å². The normalized spacial score (nSPS) is 27.3. The van der Waals surface area contributed by atoms with Crippen molar-refractivity contribution in [3.8, 4) is 0 Å². The molecule has 0 radical (unpaired) electrons. The van der Waals surface area contributed by atoms with Gasteiger partial charge in [0, 0.05) is 6.20 Å². The molecule has 0 amide bonds. The topological polar surface area (TPSA) is 147 Å². The zero-order valence-corrected chi connectivity index (χ0v) is 14.6. The smallest absolute Gasteiger partial charge is 0.431 e. The number of nitrogens with one attached hydrogen (secondary N) is 1. The number of carbonyl (C=O) groups excluding carboxylic acids is 2. The molecule has 0 aliphatic carbocycles. The Morgan fingerprint density at radius 3 is 2.81 bits per heavy atom. The van der Waals surface area contributed by atoms with Crippen molar-refractivity contribution < 1.29 is 38.5 Å². The first-order chi connectivity index (χ1) is 12.9. The summed E-state index contributed by atoms with van der Waals surface area (Å²) in [5.74, 6) is -0.0573. The summed E-state index contributed by atoms with van der Waals surface area (Å²) in [4.78, 5) is 38.9. The molecule has 148 valence electrons. The van der Waals surface area contributed by atoms with Gasteiger partial charge in [-0.2, -0.15) is 4.98 Å². The van der Waals surface area contributed by atoms with Gasteiger partial charge in [0.15, 0.2) is 24.3 Å². The van der Waals surface area contributed by atoms with Crippen LogP contribution in [-0.4, -0.2) is 58.1 Å². The summed E-state index contributed by atoms with van der Waals surface area (Å²) in [5, 5.41) is 8.81. The van der Waals surface area contributed by atoms with Crippen LogP contribution < -0.4 is 11.2 Å². The van der Waals surface area contributed by atoms with E-state index < -0.39 is 42.5 Å². The van der Waals surface area contributed by atoms with E-state index in [-0.39, 0.29) is 18.5 Å². The number of aromatic nitrogens is 2. The van der Waals surface area contributed by atoms with Gasteiger partial charge in [0.1, 0.15) is 18.8 Å².